The summed E-state index contributed by atoms with van der Waals surface area (Å²) in [5.74, 6) is 0. The van der Waals surface area contributed by atoms with Crippen LogP contribution in [-0.4, -0.2) is 9.13 Å². The quantitative estimate of drug-likeness (QED) is 0.216. The molecule has 0 amide bonds. The molecule has 0 saturated carbocycles. The Balaban J connectivity index is 1.44. The molecule has 5 heteroatoms. The van der Waals surface area contributed by atoms with Crippen molar-refractivity contribution in [1.29, 1.82) is 10.5 Å². The van der Waals surface area contributed by atoms with Crippen LogP contribution in [0.2, 0.25) is 0 Å². The summed E-state index contributed by atoms with van der Waals surface area (Å²) in [6.07, 6.45) is 0. The number of furan rings is 1. The molecule has 0 unspecified atom stereocenters. The van der Waals surface area contributed by atoms with Gasteiger partial charge in [-0.15, -0.1) is 0 Å². The van der Waals surface area contributed by atoms with Crippen LogP contribution in [0.5, 0.6) is 0 Å². The van der Waals surface area contributed by atoms with Crippen LogP contribution in [0.25, 0.3) is 76.9 Å². The molecule has 0 N–H and O–H groups in total. The van der Waals surface area contributed by atoms with Crippen molar-refractivity contribution in [3.05, 3.63) is 132 Å². The van der Waals surface area contributed by atoms with E-state index >= 15 is 0 Å². The molecule has 43 heavy (non-hydrogen) atoms. The molecule has 0 aliphatic rings. The van der Waals surface area contributed by atoms with E-state index < -0.39 is 0 Å². The minimum atomic E-state index is 0.424. The van der Waals surface area contributed by atoms with Crippen LogP contribution in [0.1, 0.15) is 11.1 Å². The Morgan fingerprint density at radius 1 is 0.465 bits per heavy atom. The Labute approximate surface area is 245 Å². The van der Waals surface area contributed by atoms with Crippen molar-refractivity contribution < 1.29 is 4.42 Å². The minimum Gasteiger partial charge on any atom is -0.455 e. The van der Waals surface area contributed by atoms with E-state index in [1.807, 2.05) is 60.7 Å². The van der Waals surface area contributed by atoms with Crippen LogP contribution < -0.4 is 0 Å². The molecular formula is C38H20N4O. The first-order valence-electron chi connectivity index (χ1n) is 14.1. The second-order valence-electron chi connectivity index (χ2n) is 10.8. The third-order valence-corrected chi connectivity index (χ3v) is 8.60. The number of hydrogen-bond acceptors (Lipinski definition) is 3. The molecule has 0 spiro atoms. The second-order valence-corrected chi connectivity index (χ2v) is 10.8. The average molecular weight is 549 g/mol. The van der Waals surface area contributed by atoms with Gasteiger partial charge in [0, 0.05) is 26.9 Å². The largest absolute Gasteiger partial charge is 0.455 e. The van der Waals surface area contributed by atoms with Crippen molar-refractivity contribution >= 4 is 65.6 Å². The van der Waals surface area contributed by atoms with Crippen LogP contribution in [0.3, 0.4) is 0 Å². The molecule has 0 radical (unpaired) electrons. The van der Waals surface area contributed by atoms with Gasteiger partial charge in [0.15, 0.2) is 0 Å². The van der Waals surface area contributed by atoms with Crippen LogP contribution in [0, 0.1) is 22.7 Å². The summed E-state index contributed by atoms with van der Waals surface area (Å²) < 4.78 is 10.7. The third-order valence-electron chi connectivity index (χ3n) is 8.60. The highest BCUT2D eigenvalue weighted by atomic mass is 16.3. The Bertz CT molecular complexity index is 2650. The highest BCUT2D eigenvalue weighted by Crippen LogP contribution is 2.42. The fraction of sp³-hybridized carbons (Fsp3) is 0. The third kappa shape index (κ3) is 3.08. The molecule has 0 fully saturated rings. The molecule has 9 rings (SSSR count). The zero-order chi connectivity index (χ0) is 28.7. The smallest absolute Gasteiger partial charge is 0.145 e. The monoisotopic (exact) mass is 548 g/mol. The first kappa shape index (κ1) is 23.4. The molecule has 198 valence electrons. The summed E-state index contributed by atoms with van der Waals surface area (Å²) in [5, 5.41) is 27.1. The van der Waals surface area contributed by atoms with Gasteiger partial charge in [-0.05, 0) is 48.5 Å². The van der Waals surface area contributed by atoms with E-state index in [1.165, 1.54) is 0 Å². The van der Waals surface area contributed by atoms with E-state index in [0.29, 0.717) is 16.8 Å². The number of hydrogen-bond donors (Lipinski definition) is 0. The predicted molar refractivity (Wildman–Crippen MR) is 172 cm³/mol. The second kappa shape index (κ2) is 8.60. The van der Waals surface area contributed by atoms with Gasteiger partial charge in [0.25, 0.3) is 0 Å². The number of nitriles is 2. The van der Waals surface area contributed by atoms with Crippen molar-refractivity contribution in [2.24, 2.45) is 0 Å². The molecule has 0 atom stereocenters. The van der Waals surface area contributed by atoms with E-state index in [-0.39, 0.29) is 0 Å². The first-order valence-corrected chi connectivity index (χ1v) is 14.1. The van der Waals surface area contributed by atoms with Gasteiger partial charge in [-0.3, -0.25) is 0 Å². The lowest BCUT2D eigenvalue weighted by Crippen LogP contribution is -2.04. The van der Waals surface area contributed by atoms with Gasteiger partial charge >= 0.3 is 0 Å². The van der Waals surface area contributed by atoms with E-state index in [0.717, 1.165) is 71.2 Å². The number of nitrogens with zero attached hydrogens (tertiary/aromatic N) is 4. The lowest BCUT2D eigenvalue weighted by atomic mass is 10.1. The molecule has 6 aromatic carbocycles. The van der Waals surface area contributed by atoms with E-state index in [9.17, 15) is 10.5 Å². The Hall–Kier alpha value is -6.30. The molecule has 0 saturated heterocycles. The maximum Gasteiger partial charge on any atom is 0.145 e. The average Bonchev–Trinajstić information content (AvgIpc) is 3.72. The summed E-state index contributed by atoms with van der Waals surface area (Å²) >= 11 is 0. The van der Waals surface area contributed by atoms with Crippen LogP contribution in [0.4, 0.5) is 0 Å². The van der Waals surface area contributed by atoms with Crippen molar-refractivity contribution in [3.63, 3.8) is 0 Å². The maximum atomic E-state index is 10.4. The molecule has 3 aromatic heterocycles. The topological polar surface area (TPSA) is 70.6 Å². The van der Waals surface area contributed by atoms with Gasteiger partial charge in [0.1, 0.15) is 23.3 Å². The number of para-hydroxylation sites is 4. The van der Waals surface area contributed by atoms with Gasteiger partial charge in [-0.25, -0.2) is 0 Å². The highest BCUT2D eigenvalue weighted by molar-refractivity contribution is 6.24. The number of fused-ring (bicyclic) bond motifs is 10. The van der Waals surface area contributed by atoms with Crippen LogP contribution >= 0.6 is 0 Å². The predicted octanol–water partition coefficient (Wildman–Crippen LogP) is 9.52. The Morgan fingerprint density at radius 3 is 1.60 bits per heavy atom. The maximum absolute atomic E-state index is 10.4. The van der Waals surface area contributed by atoms with E-state index in [4.69, 9.17) is 4.42 Å². The SMILES string of the molecule is N#Cc1cc(C#N)c(-n2c3ccccc3c3c4oc5ccccc5c4ccc32)cc1-n1c2ccccc2c2ccccc21. The number of rotatable bonds is 2. The number of benzene rings is 6. The van der Waals surface area contributed by atoms with E-state index in [2.05, 4.69) is 75.9 Å². The van der Waals surface area contributed by atoms with Gasteiger partial charge in [0.2, 0.25) is 0 Å². The molecule has 0 aliphatic heterocycles. The zero-order valence-corrected chi connectivity index (χ0v) is 22.7. The van der Waals surface area contributed by atoms with Crippen LogP contribution in [0.15, 0.2) is 126 Å². The molecule has 5 nitrogen and oxygen atoms in total. The Morgan fingerprint density at radius 2 is 0.977 bits per heavy atom. The molecule has 9 aromatic rings. The summed E-state index contributed by atoms with van der Waals surface area (Å²) in [6, 6.07) is 45.4. The van der Waals surface area contributed by atoms with Gasteiger partial charge in [-0.2, -0.15) is 10.5 Å². The van der Waals surface area contributed by atoms with Gasteiger partial charge in [-0.1, -0.05) is 72.8 Å². The van der Waals surface area contributed by atoms with Gasteiger partial charge < -0.3 is 13.6 Å². The molecule has 0 aliphatic carbocycles. The van der Waals surface area contributed by atoms with Crippen molar-refractivity contribution in [2.75, 3.05) is 0 Å². The summed E-state index contributed by atoms with van der Waals surface area (Å²) in [4.78, 5) is 0. The first-order chi connectivity index (χ1) is 21.3. The molecule has 3 heterocycles. The fourth-order valence-electron chi connectivity index (χ4n) is 6.80. The molecule has 0 bridgehead atoms. The van der Waals surface area contributed by atoms with E-state index in [1.54, 1.807) is 6.07 Å². The Kier molecular flexibility index (Phi) is 4.68. The zero-order valence-electron chi connectivity index (χ0n) is 22.7. The van der Waals surface area contributed by atoms with Crippen molar-refractivity contribution in [1.82, 2.24) is 9.13 Å². The summed E-state index contributed by atoms with van der Waals surface area (Å²) in [6.45, 7) is 0. The lowest BCUT2D eigenvalue weighted by Gasteiger charge is -2.16. The standard InChI is InChI=1S/C38H20N4O/c39-21-23-19-24(22-40)35(20-34(23)41-30-13-5-1-9-25(30)26-10-2-6-14-31(26)41)42-32-15-7-3-12-29(32)37-33(42)18-17-28-27-11-4-8-16-36(27)43-38(28)37/h1-20H. The van der Waals surface area contributed by atoms with Crippen molar-refractivity contribution in [2.45, 2.75) is 0 Å². The minimum absolute atomic E-state index is 0.424. The summed E-state index contributed by atoms with van der Waals surface area (Å²) in [7, 11) is 0. The number of aromatic nitrogens is 2. The van der Waals surface area contributed by atoms with Gasteiger partial charge in [0.05, 0.1) is 50.0 Å². The van der Waals surface area contributed by atoms with Crippen molar-refractivity contribution in [3.8, 4) is 23.5 Å². The summed E-state index contributed by atoms with van der Waals surface area (Å²) in [5.41, 5.74) is 7.85. The normalized spacial score (nSPS) is 11.7. The fourth-order valence-corrected chi connectivity index (χ4v) is 6.80. The highest BCUT2D eigenvalue weighted by Gasteiger charge is 2.22. The van der Waals surface area contributed by atoms with Crippen LogP contribution in [-0.2, 0) is 0 Å². The lowest BCUT2D eigenvalue weighted by molar-refractivity contribution is 0.673. The molecular weight excluding hydrogens is 528 g/mol.